The third-order valence-electron chi connectivity index (χ3n) is 4.95. The van der Waals surface area contributed by atoms with Gasteiger partial charge in [-0.15, -0.1) is 0 Å². The van der Waals surface area contributed by atoms with Crippen molar-refractivity contribution in [2.24, 2.45) is 0 Å². The average Bonchev–Trinajstić information content (AvgIpc) is 3.09. The predicted molar refractivity (Wildman–Crippen MR) is 91.2 cm³/mol. The molecule has 0 amide bonds. The van der Waals surface area contributed by atoms with Crippen molar-refractivity contribution in [3.05, 3.63) is 48.3 Å². The zero-order valence-electron chi connectivity index (χ0n) is 13.0. The van der Waals surface area contributed by atoms with E-state index >= 15 is 0 Å². The van der Waals surface area contributed by atoms with Gasteiger partial charge in [0.1, 0.15) is 28.7 Å². The molecule has 1 fully saturated rings. The lowest BCUT2D eigenvalue weighted by Crippen LogP contribution is -2.12. The third-order valence-corrected chi connectivity index (χ3v) is 4.95. The van der Waals surface area contributed by atoms with Crippen LogP contribution in [0.5, 0.6) is 0 Å². The van der Waals surface area contributed by atoms with Gasteiger partial charge in [-0.05, 0) is 31.0 Å². The van der Waals surface area contributed by atoms with Crippen molar-refractivity contribution in [1.29, 1.82) is 0 Å². The first kappa shape index (κ1) is 13.5. The van der Waals surface area contributed by atoms with E-state index in [-0.39, 0.29) is 5.82 Å². The Kier molecular flexibility index (Phi) is 2.71. The number of H-pyrrole nitrogens is 1. The van der Waals surface area contributed by atoms with Crippen LogP contribution in [0, 0.1) is 5.82 Å². The van der Waals surface area contributed by atoms with Gasteiger partial charge in [0.05, 0.1) is 5.69 Å². The van der Waals surface area contributed by atoms with Gasteiger partial charge in [0, 0.05) is 29.2 Å². The number of nitrogens with zero attached hydrogens (tertiary/aromatic N) is 3. The second kappa shape index (κ2) is 4.80. The number of halogens is 1. The summed E-state index contributed by atoms with van der Waals surface area (Å²) in [7, 11) is 0. The van der Waals surface area contributed by atoms with Crippen LogP contribution in [-0.4, -0.2) is 19.4 Å². The maximum atomic E-state index is 14.0. The molecule has 1 aliphatic rings. The zero-order valence-corrected chi connectivity index (χ0v) is 13.0. The molecule has 24 heavy (non-hydrogen) atoms. The van der Waals surface area contributed by atoms with E-state index in [2.05, 4.69) is 9.97 Å². The molecule has 5 nitrogen and oxygen atoms in total. The zero-order chi connectivity index (χ0) is 16.3. The molecule has 5 rings (SSSR count). The van der Waals surface area contributed by atoms with Gasteiger partial charge in [0.2, 0.25) is 0 Å². The number of nitrogens with one attached hydrogen (secondary N) is 1. The van der Waals surface area contributed by atoms with E-state index in [0.29, 0.717) is 17.1 Å². The summed E-state index contributed by atoms with van der Waals surface area (Å²) in [5.74, 6) is 1.65. The summed E-state index contributed by atoms with van der Waals surface area (Å²) < 4.78 is 16.1. The molecular weight excluding hydrogens is 305 g/mol. The highest BCUT2D eigenvalue weighted by Crippen LogP contribution is 2.39. The minimum absolute atomic E-state index is 0.246. The van der Waals surface area contributed by atoms with Crippen molar-refractivity contribution in [2.75, 3.05) is 5.73 Å². The van der Waals surface area contributed by atoms with E-state index in [1.807, 2.05) is 16.7 Å². The van der Waals surface area contributed by atoms with Crippen LogP contribution >= 0.6 is 0 Å². The summed E-state index contributed by atoms with van der Waals surface area (Å²) in [6.45, 7) is 0. The highest BCUT2D eigenvalue weighted by molar-refractivity contribution is 5.91. The number of fused-ring (bicyclic) bond motifs is 2. The molecule has 1 saturated carbocycles. The summed E-state index contributed by atoms with van der Waals surface area (Å²) in [5, 5.41) is 0.557. The molecule has 3 aromatic heterocycles. The number of benzene rings is 1. The van der Waals surface area contributed by atoms with E-state index in [4.69, 9.17) is 10.7 Å². The summed E-state index contributed by atoms with van der Waals surface area (Å²) >= 11 is 0. The van der Waals surface area contributed by atoms with Crippen LogP contribution in [-0.2, 0) is 0 Å². The number of imidazole rings is 1. The normalized spacial score (nSPS) is 15.2. The Bertz CT molecular complexity index is 1070. The predicted octanol–water partition coefficient (Wildman–Crippen LogP) is 3.87. The number of anilines is 1. The molecular formula is C18H16FN5. The highest BCUT2D eigenvalue weighted by Gasteiger charge is 2.27. The molecule has 0 radical (unpaired) electrons. The molecule has 0 aliphatic heterocycles. The van der Waals surface area contributed by atoms with Gasteiger partial charge in [0.15, 0.2) is 0 Å². The molecule has 0 saturated heterocycles. The lowest BCUT2D eigenvalue weighted by Gasteiger charge is -2.23. The maximum Gasteiger partial charge on any atom is 0.150 e. The van der Waals surface area contributed by atoms with Crippen molar-refractivity contribution in [1.82, 2.24) is 19.4 Å². The second-order valence-electron chi connectivity index (χ2n) is 6.36. The quantitative estimate of drug-likeness (QED) is 0.589. The molecule has 1 aliphatic carbocycles. The summed E-state index contributed by atoms with van der Waals surface area (Å²) in [6, 6.07) is 6.80. The number of aromatic amines is 1. The SMILES string of the molecule is Nc1nccn2c(C3CCC3)nc(-c3cc4c(F)cccc4[nH]3)c12. The van der Waals surface area contributed by atoms with Crippen LogP contribution in [0.4, 0.5) is 10.2 Å². The number of nitrogens with two attached hydrogens (primary N) is 1. The van der Waals surface area contributed by atoms with Crippen LogP contribution < -0.4 is 5.73 Å². The maximum absolute atomic E-state index is 14.0. The second-order valence-corrected chi connectivity index (χ2v) is 6.36. The minimum Gasteiger partial charge on any atom is -0.382 e. The lowest BCUT2D eigenvalue weighted by atomic mass is 9.85. The third kappa shape index (κ3) is 1.79. The van der Waals surface area contributed by atoms with Gasteiger partial charge in [-0.1, -0.05) is 12.5 Å². The van der Waals surface area contributed by atoms with Gasteiger partial charge in [-0.3, -0.25) is 4.40 Å². The smallest absolute Gasteiger partial charge is 0.150 e. The number of aromatic nitrogens is 4. The van der Waals surface area contributed by atoms with Gasteiger partial charge in [-0.2, -0.15) is 0 Å². The first-order valence-corrected chi connectivity index (χ1v) is 8.12. The van der Waals surface area contributed by atoms with Crippen molar-refractivity contribution >= 4 is 22.2 Å². The lowest BCUT2D eigenvalue weighted by molar-refractivity contribution is 0.400. The number of hydrogen-bond donors (Lipinski definition) is 2. The first-order chi connectivity index (χ1) is 11.7. The van der Waals surface area contributed by atoms with Crippen LogP contribution in [0.25, 0.3) is 27.8 Å². The van der Waals surface area contributed by atoms with E-state index in [9.17, 15) is 4.39 Å². The highest BCUT2D eigenvalue weighted by atomic mass is 19.1. The van der Waals surface area contributed by atoms with Gasteiger partial charge in [-0.25, -0.2) is 14.4 Å². The number of hydrogen-bond acceptors (Lipinski definition) is 3. The Hall–Kier alpha value is -2.89. The largest absolute Gasteiger partial charge is 0.382 e. The van der Waals surface area contributed by atoms with Crippen molar-refractivity contribution in [2.45, 2.75) is 25.2 Å². The molecule has 0 unspecified atom stereocenters. The Morgan fingerprint density at radius 1 is 1.29 bits per heavy atom. The standard InChI is InChI=1S/C18H16FN5/c19-12-5-2-6-13-11(12)9-14(22-13)15-16-17(20)21-7-8-24(16)18(23-15)10-3-1-4-10/h2,5-10,22H,1,3-4H2,(H2,20,21). The first-order valence-electron chi connectivity index (χ1n) is 8.12. The molecule has 6 heteroatoms. The van der Waals surface area contributed by atoms with E-state index in [1.54, 1.807) is 18.3 Å². The molecule has 3 N–H and O–H groups in total. The summed E-state index contributed by atoms with van der Waals surface area (Å²) in [6.07, 6.45) is 7.11. The molecule has 3 heterocycles. The molecule has 0 bridgehead atoms. The molecule has 1 aromatic carbocycles. The van der Waals surface area contributed by atoms with Crippen LogP contribution in [0.1, 0.15) is 31.0 Å². The summed E-state index contributed by atoms with van der Waals surface area (Å²) in [5.41, 5.74) is 9.16. The monoisotopic (exact) mass is 321 g/mol. The van der Waals surface area contributed by atoms with Gasteiger partial charge < -0.3 is 10.7 Å². The Balaban J connectivity index is 1.80. The fraction of sp³-hybridized carbons (Fsp3) is 0.222. The Morgan fingerprint density at radius 2 is 2.17 bits per heavy atom. The van der Waals surface area contributed by atoms with Crippen molar-refractivity contribution in [3.63, 3.8) is 0 Å². The van der Waals surface area contributed by atoms with Crippen LogP contribution in [0.2, 0.25) is 0 Å². The van der Waals surface area contributed by atoms with Crippen LogP contribution in [0.15, 0.2) is 36.7 Å². The van der Waals surface area contributed by atoms with Crippen molar-refractivity contribution < 1.29 is 4.39 Å². The van der Waals surface area contributed by atoms with E-state index in [1.165, 1.54) is 12.5 Å². The molecule has 120 valence electrons. The average molecular weight is 321 g/mol. The van der Waals surface area contributed by atoms with Gasteiger partial charge >= 0.3 is 0 Å². The Morgan fingerprint density at radius 3 is 2.92 bits per heavy atom. The van der Waals surface area contributed by atoms with Crippen molar-refractivity contribution in [3.8, 4) is 11.4 Å². The minimum atomic E-state index is -0.246. The molecule has 0 spiro atoms. The van der Waals surface area contributed by atoms with E-state index < -0.39 is 0 Å². The topological polar surface area (TPSA) is 72.0 Å². The van der Waals surface area contributed by atoms with Crippen LogP contribution in [0.3, 0.4) is 0 Å². The van der Waals surface area contributed by atoms with Gasteiger partial charge in [0.25, 0.3) is 0 Å². The number of nitrogen functional groups attached to an aromatic ring is 1. The fourth-order valence-corrected chi connectivity index (χ4v) is 3.48. The Labute approximate surface area is 137 Å². The number of rotatable bonds is 2. The molecule has 4 aromatic rings. The van der Waals surface area contributed by atoms with E-state index in [0.717, 1.165) is 41.1 Å². The summed E-state index contributed by atoms with van der Waals surface area (Å²) in [4.78, 5) is 12.3. The molecule has 0 atom stereocenters. The fourth-order valence-electron chi connectivity index (χ4n) is 3.48.